The number of aryl methyl sites for hydroxylation is 1. The van der Waals surface area contributed by atoms with Gasteiger partial charge < -0.3 is 20.7 Å². The van der Waals surface area contributed by atoms with Gasteiger partial charge in [0.1, 0.15) is 11.8 Å². The van der Waals surface area contributed by atoms with Gasteiger partial charge >= 0.3 is 0 Å². The number of nitrogens with one attached hydrogen (secondary N) is 1. The van der Waals surface area contributed by atoms with Crippen molar-refractivity contribution in [3.63, 3.8) is 0 Å². The summed E-state index contributed by atoms with van der Waals surface area (Å²) >= 11 is 0. The molecule has 2 aromatic carbocycles. The van der Waals surface area contributed by atoms with Crippen molar-refractivity contribution >= 4 is 23.2 Å². The molecule has 0 saturated carbocycles. The number of nitrogens with two attached hydrogens (primary N) is 1. The first-order valence-electron chi connectivity index (χ1n) is 8.13. The molecule has 6 nitrogen and oxygen atoms in total. The van der Waals surface area contributed by atoms with Crippen LogP contribution in [0.15, 0.2) is 42.5 Å². The number of primary amides is 1. The lowest BCUT2D eigenvalue weighted by atomic mass is 10.1. The second-order valence-electron chi connectivity index (χ2n) is 6.01. The molecule has 3 N–H and O–H groups in total. The Kier molecular flexibility index (Phi) is 4.61. The van der Waals surface area contributed by atoms with Gasteiger partial charge in [-0.1, -0.05) is 24.3 Å². The maximum Gasteiger partial charge on any atom is 0.250 e. The van der Waals surface area contributed by atoms with E-state index in [2.05, 4.69) is 5.32 Å². The third-order valence-corrected chi connectivity index (χ3v) is 4.44. The third-order valence-electron chi connectivity index (χ3n) is 4.44. The van der Waals surface area contributed by atoms with E-state index in [0.717, 1.165) is 11.3 Å². The number of para-hydroxylation sites is 3. The van der Waals surface area contributed by atoms with Crippen molar-refractivity contribution in [2.45, 2.75) is 19.4 Å². The fourth-order valence-corrected chi connectivity index (χ4v) is 3.14. The fraction of sp³-hybridized carbons (Fsp3) is 0.263. The minimum atomic E-state index is -0.516. The van der Waals surface area contributed by atoms with Gasteiger partial charge in [-0.25, -0.2) is 0 Å². The molecule has 25 heavy (non-hydrogen) atoms. The predicted molar refractivity (Wildman–Crippen MR) is 97.1 cm³/mol. The Morgan fingerprint density at radius 2 is 2.00 bits per heavy atom. The standard InChI is InChI=1S/C19H21N3O3/c1-12-6-5-7-13(18(20)23)17(12)21-14-10-11-22(19(14)24)15-8-3-4-9-16(15)25-2/h3-9,14,21H,10-11H2,1-2H3,(H2,20,23)/t14-/m1/s1. The Hall–Kier alpha value is -3.02. The van der Waals surface area contributed by atoms with Crippen molar-refractivity contribution in [3.05, 3.63) is 53.6 Å². The first-order chi connectivity index (χ1) is 12.0. The summed E-state index contributed by atoms with van der Waals surface area (Å²) in [6.45, 7) is 2.46. The second-order valence-corrected chi connectivity index (χ2v) is 6.01. The van der Waals surface area contributed by atoms with Crippen LogP contribution in [-0.2, 0) is 4.79 Å². The van der Waals surface area contributed by atoms with Crippen molar-refractivity contribution in [1.82, 2.24) is 0 Å². The molecule has 1 fully saturated rings. The van der Waals surface area contributed by atoms with E-state index < -0.39 is 11.9 Å². The molecule has 6 heteroatoms. The van der Waals surface area contributed by atoms with Crippen LogP contribution in [-0.4, -0.2) is 31.5 Å². The van der Waals surface area contributed by atoms with Crippen molar-refractivity contribution < 1.29 is 14.3 Å². The van der Waals surface area contributed by atoms with Crippen LogP contribution in [0.1, 0.15) is 22.3 Å². The first kappa shape index (κ1) is 16.8. The fourth-order valence-electron chi connectivity index (χ4n) is 3.14. The molecule has 1 saturated heterocycles. The van der Waals surface area contributed by atoms with E-state index in [4.69, 9.17) is 10.5 Å². The van der Waals surface area contributed by atoms with E-state index in [9.17, 15) is 9.59 Å². The molecule has 130 valence electrons. The summed E-state index contributed by atoms with van der Waals surface area (Å²) in [5.74, 6) is 0.0895. The van der Waals surface area contributed by atoms with Crippen LogP contribution in [0.5, 0.6) is 5.75 Å². The number of ether oxygens (including phenoxy) is 1. The zero-order chi connectivity index (χ0) is 18.0. The van der Waals surface area contributed by atoms with Crippen LogP contribution in [0.4, 0.5) is 11.4 Å². The van der Waals surface area contributed by atoms with Gasteiger partial charge in [0.15, 0.2) is 0 Å². The van der Waals surface area contributed by atoms with Crippen molar-refractivity contribution in [1.29, 1.82) is 0 Å². The van der Waals surface area contributed by atoms with Crippen LogP contribution in [0.2, 0.25) is 0 Å². The number of methoxy groups -OCH3 is 1. The van der Waals surface area contributed by atoms with Gasteiger partial charge in [0.05, 0.1) is 24.0 Å². The molecular weight excluding hydrogens is 318 g/mol. The quantitative estimate of drug-likeness (QED) is 0.875. The van der Waals surface area contributed by atoms with Crippen molar-refractivity contribution in [2.75, 3.05) is 23.9 Å². The highest BCUT2D eigenvalue weighted by Crippen LogP contribution is 2.32. The summed E-state index contributed by atoms with van der Waals surface area (Å²) in [4.78, 5) is 26.2. The number of amides is 2. The number of hydrogen-bond donors (Lipinski definition) is 2. The summed E-state index contributed by atoms with van der Waals surface area (Å²) in [5.41, 5.74) is 8.09. The Morgan fingerprint density at radius 3 is 2.72 bits per heavy atom. The summed E-state index contributed by atoms with van der Waals surface area (Å²) in [6, 6.07) is 12.3. The highest BCUT2D eigenvalue weighted by Gasteiger charge is 2.34. The average Bonchev–Trinajstić information content (AvgIpc) is 2.97. The zero-order valence-electron chi connectivity index (χ0n) is 14.3. The third kappa shape index (κ3) is 3.15. The minimum Gasteiger partial charge on any atom is -0.495 e. The Labute approximate surface area is 146 Å². The van der Waals surface area contributed by atoms with Gasteiger partial charge in [0, 0.05) is 6.54 Å². The van der Waals surface area contributed by atoms with E-state index in [-0.39, 0.29) is 5.91 Å². The van der Waals surface area contributed by atoms with E-state index in [1.54, 1.807) is 24.1 Å². The van der Waals surface area contributed by atoms with Crippen molar-refractivity contribution in [2.24, 2.45) is 5.73 Å². The number of benzene rings is 2. The minimum absolute atomic E-state index is 0.0526. The van der Waals surface area contributed by atoms with E-state index in [1.807, 2.05) is 37.3 Å². The van der Waals surface area contributed by atoms with Crippen LogP contribution in [0.3, 0.4) is 0 Å². The number of nitrogens with zero attached hydrogens (tertiary/aromatic N) is 1. The molecule has 0 aliphatic carbocycles. The predicted octanol–water partition coefficient (Wildman–Crippen LogP) is 2.32. The molecule has 0 radical (unpaired) electrons. The molecule has 2 amide bonds. The molecule has 2 aromatic rings. The maximum atomic E-state index is 12.9. The molecular formula is C19H21N3O3. The lowest BCUT2D eigenvalue weighted by Gasteiger charge is -2.21. The summed E-state index contributed by atoms with van der Waals surface area (Å²) in [7, 11) is 1.58. The van der Waals surface area contributed by atoms with Gasteiger partial charge in [-0.15, -0.1) is 0 Å². The van der Waals surface area contributed by atoms with Gasteiger partial charge in [0.25, 0.3) is 5.91 Å². The van der Waals surface area contributed by atoms with E-state index in [1.165, 1.54) is 0 Å². The smallest absolute Gasteiger partial charge is 0.250 e. The average molecular weight is 339 g/mol. The highest BCUT2D eigenvalue weighted by atomic mass is 16.5. The molecule has 0 bridgehead atoms. The number of carbonyl (C=O) groups excluding carboxylic acids is 2. The topological polar surface area (TPSA) is 84.7 Å². The molecule has 1 atom stereocenters. The lowest BCUT2D eigenvalue weighted by Crippen LogP contribution is -2.34. The van der Waals surface area contributed by atoms with Crippen LogP contribution in [0, 0.1) is 6.92 Å². The van der Waals surface area contributed by atoms with Crippen LogP contribution in [0.25, 0.3) is 0 Å². The number of hydrogen-bond acceptors (Lipinski definition) is 4. The van der Waals surface area contributed by atoms with Gasteiger partial charge in [0.2, 0.25) is 5.91 Å². The maximum absolute atomic E-state index is 12.9. The second kappa shape index (κ2) is 6.84. The molecule has 3 rings (SSSR count). The highest BCUT2D eigenvalue weighted by molar-refractivity contribution is 6.04. The number of rotatable bonds is 5. The number of carbonyl (C=O) groups is 2. The van der Waals surface area contributed by atoms with Gasteiger partial charge in [-0.05, 0) is 37.1 Å². The molecule has 0 spiro atoms. The van der Waals surface area contributed by atoms with Gasteiger partial charge in [-0.3, -0.25) is 9.59 Å². The lowest BCUT2D eigenvalue weighted by molar-refractivity contribution is -0.117. The zero-order valence-corrected chi connectivity index (χ0v) is 14.3. The van der Waals surface area contributed by atoms with E-state index >= 15 is 0 Å². The monoisotopic (exact) mass is 339 g/mol. The summed E-state index contributed by atoms with van der Waals surface area (Å²) in [5, 5.41) is 3.21. The van der Waals surface area contributed by atoms with E-state index in [0.29, 0.717) is 30.0 Å². The Balaban J connectivity index is 1.86. The van der Waals surface area contributed by atoms with Crippen molar-refractivity contribution in [3.8, 4) is 5.75 Å². The molecule has 1 aliphatic rings. The molecule has 0 aromatic heterocycles. The summed E-state index contributed by atoms with van der Waals surface area (Å²) in [6.07, 6.45) is 0.628. The van der Waals surface area contributed by atoms with Crippen LogP contribution >= 0.6 is 0 Å². The number of anilines is 2. The normalized spacial score (nSPS) is 16.8. The molecule has 1 aliphatic heterocycles. The molecule has 1 heterocycles. The van der Waals surface area contributed by atoms with Gasteiger partial charge in [-0.2, -0.15) is 0 Å². The Morgan fingerprint density at radius 1 is 1.24 bits per heavy atom. The SMILES string of the molecule is COc1ccccc1N1CC[C@@H](Nc2c(C)cccc2C(N)=O)C1=O. The summed E-state index contributed by atoms with van der Waals surface area (Å²) < 4.78 is 5.35. The first-order valence-corrected chi connectivity index (χ1v) is 8.13. The largest absolute Gasteiger partial charge is 0.495 e. The molecule has 0 unspecified atom stereocenters. The van der Waals surface area contributed by atoms with Crippen LogP contribution < -0.4 is 20.7 Å². The Bertz CT molecular complexity index is 819.